The molecule has 0 aromatic heterocycles. The fourth-order valence-electron chi connectivity index (χ4n) is 1.92. The van der Waals surface area contributed by atoms with Crippen LogP contribution < -0.4 is 10.1 Å². The van der Waals surface area contributed by atoms with Crippen LogP contribution in [0.1, 0.15) is 24.4 Å². The Kier molecular flexibility index (Phi) is 3.26. The van der Waals surface area contributed by atoms with E-state index in [-0.39, 0.29) is 11.9 Å². The fraction of sp³-hybridized carbons (Fsp3) is 0.455. The molecule has 1 aromatic carbocycles. The number of rotatable bonds is 2. The maximum Gasteiger partial charge on any atom is 0.133 e. The molecule has 1 aliphatic heterocycles. The highest BCUT2D eigenvalue weighted by Crippen LogP contribution is 2.33. The van der Waals surface area contributed by atoms with Crippen molar-refractivity contribution in [3.05, 3.63) is 28.0 Å². The van der Waals surface area contributed by atoms with Gasteiger partial charge < -0.3 is 10.1 Å². The van der Waals surface area contributed by atoms with Gasteiger partial charge in [-0.05, 0) is 47.4 Å². The Labute approximate surface area is 96.9 Å². The highest BCUT2D eigenvalue weighted by molar-refractivity contribution is 9.10. The molecule has 82 valence electrons. The molecule has 0 bridgehead atoms. The minimum absolute atomic E-state index is 0.131. The van der Waals surface area contributed by atoms with Crippen LogP contribution in [-0.4, -0.2) is 13.7 Å². The van der Waals surface area contributed by atoms with Gasteiger partial charge in [0.1, 0.15) is 11.6 Å². The van der Waals surface area contributed by atoms with Crippen molar-refractivity contribution in [2.75, 3.05) is 13.7 Å². The quantitative estimate of drug-likeness (QED) is 0.895. The molecular formula is C11H13BrFNO. The summed E-state index contributed by atoms with van der Waals surface area (Å²) in [5.41, 5.74) is 0.701. The molecular weight excluding hydrogens is 261 g/mol. The zero-order chi connectivity index (χ0) is 10.8. The summed E-state index contributed by atoms with van der Waals surface area (Å²) >= 11 is 3.26. The molecule has 1 atom stereocenters. The monoisotopic (exact) mass is 273 g/mol. The Balaban J connectivity index is 2.37. The number of halogens is 2. The Morgan fingerprint density at radius 1 is 1.53 bits per heavy atom. The number of benzene rings is 1. The fourth-order valence-corrected chi connectivity index (χ4v) is 2.40. The van der Waals surface area contributed by atoms with Gasteiger partial charge in [0.15, 0.2) is 0 Å². The second kappa shape index (κ2) is 4.49. The third-order valence-electron chi connectivity index (χ3n) is 2.71. The lowest BCUT2D eigenvalue weighted by Gasteiger charge is -2.14. The van der Waals surface area contributed by atoms with E-state index < -0.39 is 0 Å². The lowest BCUT2D eigenvalue weighted by molar-refractivity contribution is 0.408. The highest BCUT2D eigenvalue weighted by atomic mass is 79.9. The molecule has 1 saturated heterocycles. The molecule has 0 amide bonds. The van der Waals surface area contributed by atoms with Gasteiger partial charge in [0.25, 0.3) is 0 Å². The van der Waals surface area contributed by atoms with Gasteiger partial charge in [-0.1, -0.05) is 0 Å². The molecule has 2 rings (SSSR count). The number of hydrogen-bond donors (Lipinski definition) is 1. The van der Waals surface area contributed by atoms with Crippen LogP contribution in [0.15, 0.2) is 16.6 Å². The van der Waals surface area contributed by atoms with Gasteiger partial charge in [-0.15, -0.1) is 0 Å². The number of nitrogens with one attached hydrogen (secondary N) is 1. The smallest absolute Gasteiger partial charge is 0.133 e. The van der Waals surface area contributed by atoms with Crippen molar-refractivity contribution in [1.29, 1.82) is 0 Å². The van der Waals surface area contributed by atoms with Gasteiger partial charge in [-0.3, -0.25) is 0 Å². The molecule has 1 N–H and O–H groups in total. The molecule has 0 radical (unpaired) electrons. The highest BCUT2D eigenvalue weighted by Gasteiger charge is 2.21. The van der Waals surface area contributed by atoms with Crippen molar-refractivity contribution in [1.82, 2.24) is 5.32 Å². The average Bonchev–Trinajstić information content (AvgIpc) is 2.71. The van der Waals surface area contributed by atoms with Gasteiger partial charge in [0.2, 0.25) is 0 Å². The van der Waals surface area contributed by atoms with Crippen LogP contribution in [0.3, 0.4) is 0 Å². The Morgan fingerprint density at radius 3 is 2.93 bits per heavy atom. The van der Waals surface area contributed by atoms with Crippen LogP contribution in [0.5, 0.6) is 5.75 Å². The van der Waals surface area contributed by atoms with E-state index >= 15 is 0 Å². The Hall–Kier alpha value is -0.610. The largest absolute Gasteiger partial charge is 0.496 e. The van der Waals surface area contributed by atoms with Crippen LogP contribution in [0, 0.1) is 5.82 Å². The average molecular weight is 274 g/mol. The zero-order valence-electron chi connectivity index (χ0n) is 8.52. The SMILES string of the molecule is COc1cc(C2CCCN2)c(F)cc1Br. The minimum Gasteiger partial charge on any atom is -0.496 e. The van der Waals surface area contributed by atoms with E-state index in [1.807, 2.05) is 0 Å². The third kappa shape index (κ3) is 2.16. The van der Waals surface area contributed by atoms with Crippen molar-refractivity contribution < 1.29 is 9.13 Å². The van der Waals surface area contributed by atoms with E-state index in [1.165, 1.54) is 6.07 Å². The first-order chi connectivity index (χ1) is 7.22. The normalized spacial score (nSPS) is 20.6. The summed E-state index contributed by atoms with van der Waals surface area (Å²) in [6.07, 6.45) is 2.09. The molecule has 2 nitrogen and oxygen atoms in total. The molecule has 1 aliphatic rings. The number of ether oxygens (including phenoxy) is 1. The van der Waals surface area contributed by atoms with Crippen molar-refractivity contribution in [2.45, 2.75) is 18.9 Å². The van der Waals surface area contributed by atoms with Gasteiger partial charge in [0.05, 0.1) is 11.6 Å². The number of hydrogen-bond acceptors (Lipinski definition) is 2. The summed E-state index contributed by atoms with van der Waals surface area (Å²) in [5.74, 6) is 0.502. The van der Waals surface area contributed by atoms with E-state index in [9.17, 15) is 4.39 Å². The molecule has 15 heavy (non-hydrogen) atoms. The first kappa shape index (κ1) is 10.9. The van der Waals surface area contributed by atoms with Gasteiger partial charge in [0, 0.05) is 11.6 Å². The minimum atomic E-state index is -0.179. The summed E-state index contributed by atoms with van der Waals surface area (Å²) in [4.78, 5) is 0. The van der Waals surface area contributed by atoms with Crippen LogP contribution in [0.25, 0.3) is 0 Å². The predicted octanol–water partition coefficient (Wildman–Crippen LogP) is 3.02. The van der Waals surface area contributed by atoms with Crippen LogP contribution in [-0.2, 0) is 0 Å². The van der Waals surface area contributed by atoms with E-state index in [2.05, 4.69) is 21.2 Å². The maximum absolute atomic E-state index is 13.7. The number of methoxy groups -OCH3 is 1. The van der Waals surface area contributed by atoms with Crippen LogP contribution in [0.2, 0.25) is 0 Å². The molecule has 1 aromatic rings. The summed E-state index contributed by atoms with van der Waals surface area (Å²) in [5, 5.41) is 3.27. The van der Waals surface area contributed by atoms with Crippen molar-refractivity contribution in [3.63, 3.8) is 0 Å². The van der Waals surface area contributed by atoms with E-state index in [0.717, 1.165) is 19.4 Å². The van der Waals surface area contributed by atoms with E-state index in [0.29, 0.717) is 15.8 Å². The molecule has 1 heterocycles. The van der Waals surface area contributed by atoms with Gasteiger partial charge in [-0.25, -0.2) is 4.39 Å². The van der Waals surface area contributed by atoms with Crippen molar-refractivity contribution in [2.24, 2.45) is 0 Å². The maximum atomic E-state index is 13.7. The predicted molar refractivity (Wildman–Crippen MR) is 60.6 cm³/mol. The first-order valence-electron chi connectivity index (χ1n) is 4.98. The van der Waals surface area contributed by atoms with Crippen LogP contribution in [0.4, 0.5) is 4.39 Å². The summed E-state index contributed by atoms with van der Waals surface area (Å²) in [6.45, 7) is 0.961. The van der Waals surface area contributed by atoms with Crippen molar-refractivity contribution >= 4 is 15.9 Å². The third-order valence-corrected chi connectivity index (χ3v) is 3.33. The topological polar surface area (TPSA) is 21.3 Å². The summed E-state index contributed by atoms with van der Waals surface area (Å²) < 4.78 is 19.5. The van der Waals surface area contributed by atoms with E-state index in [4.69, 9.17) is 4.74 Å². The molecule has 0 spiro atoms. The van der Waals surface area contributed by atoms with Gasteiger partial charge in [-0.2, -0.15) is 0 Å². The summed E-state index contributed by atoms with van der Waals surface area (Å²) in [7, 11) is 1.59. The molecule has 0 saturated carbocycles. The molecule has 1 unspecified atom stereocenters. The second-order valence-electron chi connectivity index (χ2n) is 3.66. The second-order valence-corrected chi connectivity index (χ2v) is 4.51. The first-order valence-corrected chi connectivity index (χ1v) is 5.78. The Bertz CT molecular complexity index is 364. The lowest BCUT2D eigenvalue weighted by Crippen LogP contribution is -2.14. The lowest BCUT2D eigenvalue weighted by atomic mass is 10.0. The standard InChI is InChI=1S/C11H13BrFNO/c1-15-11-5-7(9(13)6-8(11)12)10-3-2-4-14-10/h5-6,10,14H,2-4H2,1H3. The van der Waals surface area contributed by atoms with Crippen molar-refractivity contribution in [3.8, 4) is 5.75 Å². The Morgan fingerprint density at radius 2 is 2.33 bits per heavy atom. The van der Waals surface area contributed by atoms with Gasteiger partial charge >= 0.3 is 0 Å². The molecule has 1 fully saturated rings. The zero-order valence-corrected chi connectivity index (χ0v) is 10.1. The van der Waals surface area contributed by atoms with Crippen LogP contribution >= 0.6 is 15.9 Å². The molecule has 4 heteroatoms. The summed E-state index contributed by atoms with van der Waals surface area (Å²) in [6, 6.07) is 3.36. The molecule has 0 aliphatic carbocycles. The van der Waals surface area contributed by atoms with E-state index in [1.54, 1.807) is 13.2 Å².